The van der Waals surface area contributed by atoms with Crippen LogP contribution in [0.2, 0.25) is 0 Å². The second kappa shape index (κ2) is 6.39. The van der Waals surface area contributed by atoms with Gasteiger partial charge in [-0.05, 0) is 42.0 Å². The molecule has 22 heavy (non-hydrogen) atoms. The van der Waals surface area contributed by atoms with E-state index in [0.717, 1.165) is 5.56 Å². The zero-order valence-corrected chi connectivity index (χ0v) is 12.2. The smallest absolute Gasteiger partial charge is 0.338 e. The quantitative estimate of drug-likeness (QED) is 0.861. The third-order valence-corrected chi connectivity index (χ3v) is 3.80. The second-order valence-corrected chi connectivity index (χ2v) is 6.02. The molecule has 2 N–H and O–H groups in total. The Hall–Kier alpha value is -2.69. The van der Waals surface area contributed by atoms with Gasteiger partial charge in [0.25, 0.3) is 0 Å². The molecule has 2 aromatic rings. The van der Waals surface area contributed by atoms with E-state index in [0.29, 0.717) is 5.56 Å². The first-order valence-corrected chi connectivity index (χ1v) is 7.74. The molecule has 0 heterocycles. The molecule has 0 saturated heterocycles. The molecule has 0 aromatic heterocycles. The SMILES string of the molecule is N#Cc1ccc(COC(=O)c2ccc(S(N)(=O)=O)cc2)cc1. The number of nitriles is 1. The van der Waals surface area contributed by atoms with Gasteiger partial charge in [0.05, 0.1) is 22.1 Å². The highest BCUT2D eigenvalue weighted by Crippen LogP contribution is 2.11. The number of carbonyl (C=O) groups is 1. The molecule has 0 spiro atoms. The van der Waals surface area contributed by atoms with E-state index >= 15 is 0 Å². The third kappa shape index (κ3) is 3.91. The lowest BCUT2D eigenvalue weighted by Gasteiger charge is -2.05. The van der Waals surface area contributed by atoms with Crippen molar-refractivity contribution in [2.24, 2.45) is 5.14 Å². The molecule has 0 saturated carbocycles. The molecule has 7 heteroatoms. The van der Waals surface area contributed by atoms with Crippen molar-refractivity contribution in [2.45, 2.75) is 11.5 Å². The molecule has 0 aliphatic carbocycles. The number of primary sulfonamides is 1. The maximum Gasteiger partial charge on any atom is 0.338 e. The monoisotopic (exact) mass is 316 g/mol. The van der Waals surface area contributed by atoms with Gasteiger partial charge in [-0.3, -0.25) is 0 Å². The fourth-order valence-corrected chi connectivity index (χ4v) is 2.20. The maximum atomic E-state index is 11.8. The van der Waals surface area contributed by atoms with Crippen molar-refractivity contribution < 1.29 is 17.9 Å². The summed E-state index contributed by atoms with van der Waals surface area (Å²) in [5, 5.41) is 13.7. The number of hydrogen-bond donors (Lipinski definition) is 1. The summed E-state index contributed by atoms with van der Waals surface area (Å²) in [4.78, 5) is 11.8. The summed E-state index contributed by atoms with van der Waals surface area (Å²) >= 11 is 0. The first kappa shape index (κ1) is 15.7. The Labute approximate surface area is 127 Å². The first-order valence-electron chi connectivity index (χ1n) is 6.19. The Balaban J connectivity index is 2.01. The fourth-order valence-electron chi connectivity index (χ4n) is 1.69. The van der Waals surface area contributed by atoms with Crippen LogP contribution in [0.25, 0.3) is 0 Å². The van der Waals surface area contributed by atoms with Crippen LogP contribution in [-0.4, -0.2) is 14.4 Å². The van der Waals surface area contributed by atoms with E-state index in [-0.39, 0.29) is 17.1 Å². The number of hydrogen-bond acceptors (Lipinski definition) is 5. The Kier molecular flexibility index (Phi) is 4.56. The average molecular weight is 316 g/mol. The van der Waals surface area contributed by atoms with Crippen LogP contribution in [0.4, 0.5) is 0 Å². The van der Waals surface area contributed by atoms with Crippen molar-refractivity contribution in [3.63, 3.8) is 0 Å². The summed E-state index contributed by atoms with van der Waals surface area (Å²) in [6, 6.07) is 13.8. The third-order valence-electron chi connectivity index (χ3n) is 2.87. The molecule has 6 nitrogen and oxygen atoms in total. The Morgan fingerprint density at radius 3 is 2.18 bits per heavy atom. The number of nitrogens with two attached hydrogens (primary N) is 1. The van der Waals surface area contributed by atoms with Gasteiger partial charge in [-0.25, -0.2) is 18.4 Å². The number of sulfonamides is 1. The maximum absolute atomic E-state index is 11.8. The highest BCUT2D eigenvalue weighted by atomic mass is 32.2. The van der Waals surface area contributed by atoms with Gasteiger partial charge in [-0.2, -0.15) is 5.26 Å². The second-order valence-electron chi connectivity index (χ2n) is 4.45. The fraction of sp³-hybridized carbons (Fsp3) is 0.0667. The van der Waals surface area contributed by atoms with Crippen molar-refractivity contribution in [3.8, 4) is 6.07 Å². The van der Waals surface area contributed by atoms with Gasteiger partial charge in [-0.15, -0.1) is 0 Å². The van der Waals surface area contributed by atoms with E-state index < -0.39 is 16.0 Å². The summed E-state index contributed by atoms with van der Waals surface area (Å²) in [6.07, 6.45) is 0. The number of rotatable bonds is 4. The lowest BCUT2D eigenvalue weighted by atomic mass is 10.1. The van der Waals surface area contributed by atoms with Crippen LogP contribution in [-0.2, 0) is 21.4 Å². The zero-order chi connectivity index (χ0) is 16.2. The standard InChI is InChI=1S/C15H12N2O4S/c16-9-11-1-3-12(4-2-11)10-21-15(18)13-5-7-14(8-6-13)22(17,19)20/h1-8H,10H2,(H2,17,19,20). The Bertz CT molecular complexity index is 819. The van der Waals surface area contributed by atoms with E-state index in [9.17, 15) is 13.2 Å². The van der Waals surface area contributed by atoms with Gasteiger partial charge in [0.2, 0.25) is 10.0 Å². The number of ether oxygens (including phenoxy) is 1. The van der Waals surface area contributed by atoms with Crippen LogP contribution in [0.15, 0.2) is 53.4 Å². The predicted molar refractivity (Wildman–Crippen MR) is 78.1 cm³/mol. The topological polar surface area (TPSA) is 110 Å². The Morgan fingerprint density at radius 2 is 1.68 bits per heavy atom. The number of benzene rings is 2. The summed E-state index contributed by atoms with van der Waals surface area (Å²) in [5.41, 5.74) is 1.49. The lowest BCUT2D eigenvalue weighted by Crippen LogP contribution is -2.12. The van der Waals surface area contributed by atoms with E-state index in [1.165, 1.54) is 24.3 Å². The molecular weight excluding hydrogens is 304 g/mol. The van der Waals surface area contributed by atoms with Gasteiger partial charge >= 0.3 is 5.97 Å². The summed E-state index contributed by atoms with van der Waals surface area (Å²) in [6.45, 7) is 0.0570. The highest BCUT2D eigenvalue weighted by Gasteiger charge is 2.11. The van der Waals surface area contributed by atoms with Gasteiger partial charge in [0.1, 0.15) is 6.61 Å². The molecule has 112 valence electrons. The van der Waals surface area contributed by atoms with Crippen LogP contribution >= 0.6 is 0 Å². The number of nitrogens with zero attached hydrogens (tertiary/aromatic N) is 1. The minimum Gasteiger partial charge on any atom is -0.457 e. The largest absolute Gasteiger partial charge is 0.457 e. The first-order chi connectivity index (χ1) is 10.4. The highest BCUT2D eigenvalue weighted by molar-refractivity contribution is 7.89. The Morgan fingerprint density at radius 1 is 1.09 bits per heavy atom. The van der Waals surface area contributed by atoms with Crippen LogP contribution in [0, 0.1) is 11.3 Å². The molecule has 0 amide bonds. The van der Waals surface area contributed by atoms with Crippen LogP contribution in [0.5, 0.6) is 0 Å². The minimum atomic E-state index is -3.79. The summed E-state index contributed by atoms with van der Waals surface area (Å²) < 4.78 is 27.3. The van der Waals surface area contributed by atoms with Crippen LogP contribution in [0.3, 0.4) is 0 Å². The normalized spacial score (nSPS) is 10.7. The van der Waals surface area contributed by atoms with Gasteiger partial charge in [-0.1, -0.05) is 12.1 Å². The molecule has 0 fully saturated rings. The average Bonchev–Trinajstić information content (AvgIpc) is 2.52. The van der Waals surface area contributed by atoms with Crippen molar-refractivity contribution in [1.82, 2.24) is 0 Å². The summed E-state index contributed by atoms with van der Waals surface area (Å²) in [7, 11) is -3.79. The van der Waals surface area contributed by atoms with E-state index in [1.54, 1.807) is 24.3 Å². The molecule has 0 bridgehead atoms. The van der Waals surface area contributed by atoms with Gasteiger partial charge < -0.3 is 4.74 Å². The van der Waals surface area contributed by atoms with E-state index in [1.807, 2.05) is 6.07 Å². The van der Waals surface area contributed by atoms with Gasteiger partial charge in [0, 0.05) is 0 Å². The molecule has 0 unspecified atom stereocenters. The number of esters is 1. The predicted octanol–water partition coefficient (Wildman–Crippen LogP) is 1.56. The lowest BCUT2D eigenvalue weighted by molar-refractivity contribution is 0.0472. The minimum absolute atomic E-state index is 0.0570. The van der Waals surface area contributed by atoms with E-state index in [4.69, 9.17) is 15.1 Å². The molecule has 2 rings (SSSR count). The van der Waals surface area contributed by atoms with Crippen molar-refractivity contribution in [3.05, 3.63) is 65.2 Å². The van der Waals surface area contributed by atoms with Crippen molar-refractivity contribution in [1.29, 1.82) is 5.26 Å². The zero-order valence-electron chi connectivity index (χ0n) is 11.4. The molecule has 2 aromatic carbocycles. The van der Waals surface area contributed by atoms with Gasteiger partial charge in [0.15, 0.2) is 0 Å². The van der Waals surface area contributed by atoms with Crippen molar-refractivity contribution in [2.75, 3.05) is 0 Å². The molecular formula is C15H12N2O4S. The van der Waals surface area contributed by atoms with Crippen molar-refractivity contribution >= 4 is 16.0 Å². The van der Waals surface area contributed by atoms with Crippen LogP contribution in [0.1, 0.15) is 21.5 Å². The van der Waals surface area contributed by atoms with E-state index in [2.05, 4.69) is 0 Å². The van der Waals surface area contributed by atoms with Crippen LogP contribution < -0.4 is 5.14 Å². The molecule has 0 aliphatic heterocycles. The molecule has 0 aliphatic rings. The molecule has 0 atom stereocenters. The molecule has 0 radical (unpaired) electrons. The number of carbonyl (C=O) groups excluding carboxylic acids is 1. The summed E-state index contributed by atoms with van der Waals surface area (Å²) in [5.74, 6) is -0.578.